The number of hydrogen-bond acceptors (Lipinski definition) is 8. The molecule has 3 fully saturated rings. The number of nitrogens with one attached hydrogen (secondary N) is 3. The molecule has 4 aliphatic rings. The van der Waals surface area contributed by atoms with Crippen molar-refractivity contribution in [2.75, 3.05) is 11.9 Å². The summed E-state index contributed by atoms with van der Waals surface area (Å²) < 4.78 is 32.1. The molecule has 1 aromatic rings. The summed E-state index contributed by atoms with van der Waals surface area (Å²) in [6.07, 6.45) is 8.29. The normalized spacial score (nSPS) is 32.2. The second-order valence-corrected chi connectivity index (χ2v) is 14.1. The Bertz CT molecular complexity index is 1310. The number of benzene rings is 1. The largest absolute Gasteiger partial charge is 0.463 e. The van der Waals surface area contributed by atoms with Crippen molar-refractivity contribution in [2.24, 2.45) is 5.92 Å². The number of carbonyl (C=O) groups is 4. The van der Waals surface area contributed by atoms with E-state index in [2.05, 4.69) is 15.4 Å². The number of ether oxygens (including phenoxy) is 1. The van der Waals surface area contributed by atoms with Crippen molar-refractivity contribution in [1.82, 2.24) is 14.9 Å². The lowest BCUT2D eigenvalue weighted by molar-refractivity contribution is -0.140. The van der Waals surface area contributed by atoms with Crippen LogP contribution in [0.4, 0.5) is 5.69 Å². The average Bonchev–Trinajstić information content (AvgIpc) is 3.82. The molecule has 3 N–H and O–H groups in total. The minimum Gasteiger partial charge on any atom is -0.463 e. The number of fused-ring (bicyclic) bond motifs is 2. The first kappa shape index (κ1) is 29.1. The highest BCUT2D eigenvalue weighted by Gasteiger charge is 2.63. The van der Waals surface area contributed by atoms with Gasteiger partial charge in [-0.25, -0.2) is 8.42 Å². The maximum atomic E-state index is 13.9. The third kappa shape index (κ3) is 6.12. The average molecular weight is 587 g/mol. The van der Waals surface area contributed by atoms with Crippen LogP contribution in [0, 0.1) is 5.92 Å². The lowest BCUT2D eigenvalue weighted by Crippen LogP contribution is -2.58. The van der Waals surface area contributed by atoms with E-state index in [-0.39, 0.29) is 31.2 Å². The Balaban J connectivity index is 1.42. The van der Waals surface area contributed by atoms with Crippen LogP contribution < -0.4 is 15.4 Å². The van der Waals surface area contributed by atoms with Crippen LogP contribution in [-0.2, 0) is 33.9 Å². The molecule has 5 rings (SSSR count). The number of hydrogen-bond donors (Lipinski definition) is 3. The van der Waals surface area contributed by atoms with E-state index in [0.29, 0.717) is 25.7 Å². The van der Waals surface area contributed by atoms with Gasteiger partial charge in [0.15, 0.2) is 0 Å². The van der Waals surface area contributed by atoms with Gasteiger partial charge in [-0.15, -0.1) is 0 Å². The molecule has 11 nitrogen and oxygen atoms in total. The molecule has 0 unspecified atom stereocenters. The van der Waals surface area contributed by atoms with Crippen LogP contribution in [0.3, 0.4) is 0 Å². The first-order valence-corrected chi connectivity index (χ1v) is 15.8. The van der Waals surface area contributed by atoms with Gasteiger partial charge in [0, 0.05) is 18.0 Å². The summed E-state index contributed by atoms with van der Waals surface area (Å²) in [6, 6.07) is 7.74. The number of anilines is 1. The van der Waals surface area contributed by atoms with E-state index < -0.39 is 50.3 Å². The predicted molar refractivity (Wildman–Crippen MR) is 151 cm³/mol. The third-order valence-electron chi connectivity index (χ3n) is 8.84. The Hall–Kier alpha value is -3.41. The Morgan fingerprint density at radius 1 is 1.15 bits per heavy atom. The fraction of sp³-hybridized carbons (Fsp3) is 0.586. The monoisotopic (exact) mass is 586 g/mol. The molecule has 0 radical (unpaired) electrons. The summed E-state index contributed by atoms with van der Waals surface area (Å²) >= 11 is 0. The first-order valence-electron chi connectivity index (χ1n) is 14.4. The zero-order valence-corrected chi connectivity index (χ0v) is 24.0. The number of para-hydroxylation sites is 1. The van der Waals surface area contributed by atoms with Gasteiger partial charge in [0.2, 0.25) is 21.8 Å². The predicted octanol–water partition coefficient (Wildman–Crippen LogP) is 2.00. The summed E-state index contributed by atoms with van der Waals surface area (Å²) in [7, 11) is -3.92. The molecule has 2 heterocycles. The van der Waals surface area contributed by atoms with E-state index in [4.69, 9.17) is 4.74 Å². The van der Waals surface area contributed by atoms with Gasteiger partial charge < -0.3 is 20.3 Å². The number of amides is 3. The van der Waals surface area contributed by atoms with Crippen molar-refractivity contribution in [3.8, 4) is 0 Å². The van der Waals surface area contributed by atoms with E-state index in [9.17, 15) is 27.6 Å². The van der Waals surface area contributed by atoms with Gasteiger partial charge in [-0.1, -0.05) is 43.2 Å². The van der Waals surface area contributed by atoms with E-state index in [1.54, 1.807) is 6.92 Å². The lowest BCUT2D eigenvalue weighted by atomic mass is 10.0. The molecule has 1 aromatic carbocycles. The Morgan fingerprint density at radius 3 is 2.61 bits per heavy atom. The molecule has 12 heteroatoms. The van der Waals surface area contributed by atoms with Crippen LogP contribution in [0.1, 0.15) is 64.7 Å². The van der Waals surface area contributed by atoms with Crippen molar-refractivity contribution in [1.29, 1.82) is 0 Å². The summed E-state index contributed by atoms with van der Waals surface area (Å²) in [5.74, 6) is -2.02. The molecule has 2 aliphatic carbocycles. The smallest absolute Gasteiger partial charge is 0.293 e. The molecule has 2 saturated carbocycles. The summed E-state index contributed by atoms with van der Waals surface area (Å²) in [5, 5.41) is 6.13. The highest BCUT2D eigenvalue weighted by atomic mass is 32.2. The van der Waals surface area contributed by atoms with Crippen LogP contribution in [0.5, 0.6) is 0 Å². The number of carbonyl (C=O) groups excluding carboxylic acids is 4. The molecule has 3 amide bonds. The van der Waals surface area contributed by atoms with E-state index >= 15 is 0 Å². The van der Waals surface area contributed by atoms with E-state index in [0.717, 1.165) is 31.4 Å². The van der Waals surface area contributed by atoms with Crippen LogP contribution in [-0.4, -0.2) is 72.5 Å². The molecule has 222 valence electrons. The van der Waals surface area contributed by atoms with Crippen molar-refractivity contribution in [3.05, 3.63) is 42.5 Å². The van der Waals surface area contributed by atoms with E-state index in [1.165, 1.54) is 4.90 Å². The number of rotatable bonds is 7. The molecule has 2 aliphatic heterocycles. The highest BCUT2D eigenvalue weighted by molar-refractivity contribution is 7.91. The van der Waals surface area contributed by atoms with Crippen molar-refractivity contribution < 1.29 is 32.3 Å². The van der Waals surface area contributed by atoms with Gasteiger partial charge in [0.1, 0.15) is 23.7 Å². The molecule has 1 saturated heterocycles. The molecule has 5 atom stereocenters. The lowest BCUT2D eigenvalue weighted by Gasteiger charge is -2.30. The molecular formula is C29H38N4O7S. The number of sulfonamides is 1. The quantitative estimate of drug-likeness (QED) is 0.324. The Labute approximate surface area is 240 Å². The third-order valence-corrected chi connectivity index (χ3v) is 11.0. The van der Waals surface area contributed by atoms with Gasteiger partial charge in [0.25, 0.3) is 12.4 Å². The zero-order chi connectivity index (χ0) is 29.3. The zero-order valence-electron chi connectivity index (χ0n) is 23.2. The molecule has 0 bridgehead atoms. The maximum absolute atomic E-state index is 13.9. The second-order valence-electron chi connectivity index (χ2n) is 11.9. The molecule has 0 aromatic heterocycles. The molecule has 0 spiro atoms. The summed E-state index contributed by atoms with van der Waals surface area (Å²) in [6.45, 7) is 1.94. The van der Waals surface area contributed by atoms with Gasteiger partial charge in [-0.05, 0) is 57.6 Å². The Kier molecular flexibility index (Phi) is 8.13. The second kappa shape index (κ2) is 11.5. The van der Waals surface area contributed by atoms with Gasteiger partial charge in [-0.2, -0.15) is 0 Å². The van der Waals surface area contributed by atoms with Crippen LogP contribution in [0.25, 0.3) is 0 Å². The minimum absolute atomic E-state index is 0.0396. The van der Waals surface area contributed by atoms with Crippen LogP contribution in [0.15, 0.2) is 42.5 Å². The number of nitrogens with zero attached hydrogens (tertiary/aromatic N) is 1. The maximum Gasteiger partial charge on any atom is 0.293 e. The van der Waals surface area contributed by atoms with Gasteiger partial charge in [0.05, 0.1) is 11.3 Å². The SMILES string of the molecule is CC1(S(=O)(=O)NC(=O)[C@@]23C[C@H]2/C=C\CCCCC[C@H](Nc2ccccc2)C(=O)N2C[C@H](OC=O)C[C@H]2C(=O)N3)CC1. The van der Waals surface area contributed by atoms with Gasteiger partial charge >= 0.3 is 0 Å². The minimum atomic E-state index is -3.92. The van der Waals surface area contributed by atoms with Crippen LogP contribution >= 0.6 is 0 Å². The number of allylic oxidation sites excluding steroid dienone is 1. The molecule has 41 heavy (non-hydrogen) atoms. The van der Waals surface area contributed by atoms with Crippen molar-refractivity contribution in [3.63, 3.8) is 0 Å². The fourth-order valence-corrected chi connectivity index (χ4v) is 7.09. The van der Waals surface area contributed by atoms with Crippen molar-refractivity contribution in [2.45, 2.75) is 93.2 Å². The summed E-state index contributed by atoms with van der Waals surface area (Å²) in [4.78, 5) is 53.8. The van der Waals surface area contributed by atoms with Crippen molar-refractivity contribution >= 4 is 39.9 Å². The standard InChI is InChI=1S/C29H38N4O7S/c1-28(14-15-28)41(38,39)32-27(37)29-17-20(29)10-6-3-2-4-9-13-23(30-21-11-7-5-8-12-21)26(36)33-18-22(40-19-34)16-24(33)25(35)31-29/h5-8,10-12,19-20,22-24,30H,2-4,9,13-18H2,1H3,(H,31,35)(H,32,37)/b10-6-/t20-,22-,23+,24+,29-/m1/s1. The summed E-state index contributed by atoms with van der Waals surface area (Å²) in [5.41, 5.74) is -0.666. The Morgan fingerprint density at radius 2 is 1.90 bits per heavy atom. The van der Waals surface area contributed by atoms with Gasteiger partial charge in [-0.3, -0.25) is 23.9 Å². The van der Waals surface area contributed by atoms with E-state index in [1.807, 2.05) is 42.5 Å². The van der Waals surface area contributed by atoms with Crippen LogP contribution in [0.2, 0.25) is 0 Å². The topological polar surface area (TPSA) is 151 Å². The first-order chi connectivity index (χ1) is 19.6. The fourth-order valence-electron chi connectivity index (χ4n) is 5.77. The molecular weight excluding hydrogens is 548 g/mol. The highest BCUT2D eigenvalue weighted by Crippen LogP contribution is 2.47.